The third kappa shape index (κ3) is 5.92. The third-order valence-corrected chi connectivity index (χ3v) is 5.63. The zero-order chi connectivity index (χ0) is 23.0. The van der Waals surface area contributed by atoms with Crippen LogP contribution in [-0.2, 0) is 17.9 Å². The van der Waals surface area contributed by atoms with Crippen LogP contribution in [-0.4, -0.2) is 36.0 Å². The molecule has 1 heterocycles. The van der Waals surface area contributed by atoms with Crippen molar-refractivity contribution in [3.63, 3.8) is 0 Å². The molecule has 6 nitrogen and oxygen atoms in total. The summed E-state index contributed by atoms with van der Waals surface area (Å²) in [5, 5.41) is 3.08. The first-order valence-electron chi connectivity index (χ1n) is 11.3. The minimum Gasteiger partial charge on any atom is -0.494 e. The number of amides is 3. The Balaban J connectivity index is 1.43. The quantitative estimate of drug-likeness (QED) is 0.553. The SMILES string of the molecule is CCOc1ccc(N2C[C@@H](NC(=O)N(Cc3ccccc3)Cc3ccccc3)CC2=O)cc1. The van der Waals surface area contributed by atoms with Crippen LogP contribution in [0.3, 0.4) is 0 Å². The van der Waals surface area contributed by atoms with Crippen molar-refractivity contribution in [3.05, 3.63) is 96.1 Å². The summed E-state index contributed by atoms with van der Waals surface area (Å²) in [5.74, 6) is 0.775. The normalized spacial score (nSPS) is 15.4. The summed E-state index contributed by atoms with van der Waals surface area (Å²) < 4.78 is 5.48. The predicted octanol–water partition coefficient (Wildman–Crippen LogP) is 4.60. The maximum atomic E-state index is 13.2. The molecule has 1 N–H and O–H groups in total. The summed E-state index contributed by atoms with van der Waals surface area (Å²) in [6.07, 6.45) is 0.281. The van der Waals surface area contributed by atoms with Crippen LogP contribution >= 0.6 is 0 Å². The monoisotopic (exact) mass is 443 g/mol. The van der Waals surface area contributed by atoms with E-state index in [2.05, 4.69) is 5.32 Å². The Kier molecular flexibility index (Phi) is 7.25. The van der Waals surface area contributed by atoms with E-state index in [1.165, 1.54) is 0 Å². The number of carbonyl (C=O) groups excluding carboxylic acids is 2. The fraction of sp³-hybridized carbons (Fsp3) is 0.259. The Morgan fingerprint density at radius 2 is 1.52 bits per heavy atom. The first-order valence-corrected chi connectivity index (χ1v) is 11.3. The molecule has 1 aliphatic heterocycles. The molecule has 6 heteroatoms. The molecule has 0 unspecified atom stereocenters. The van der Waals surface area contributed by atoms with Gasteiger partial charge in [-0.25, -0.2) is 4.79 Å². The first kappa shape index (κ1) is 22.4. The maximum absolute atomic E-state index is 13.2. The molecule has 0 aliphatic carbocycles. The third-order valence-electron chi connectivity index (χ3n) is 5.63. The minimum absolute atomic E-state index is 0.00197. The van der Waals surface area contributed by atoms with Gasteiger partial charge >= 0.3 is 6.03 Å². The Hall–Kier alpha value is -3.80. The second-order valence-electron chi connectivity index (χ2n) is 8.11. The van der Waals surface area contributed by atoms with Gasteiger partial charge in [-0.1, -0.05) is 60.7 Å². The number of nitrogens with one attached hydrogen (secondary N) is 1. The van der Waals surface area contributed by atoms with Gasteiger partial charge in [0.25, 0.3) is 0 Å². The van der Waals surface area contributed by atoms with E-state index in [1.54, 1.807) is 9.80 Å². The zero-order valence-electron chi connectivity index (χ0n) is 18.8. The lowest BCUT2D eigenvalue weighted by molar-refractivity contribution is -0.117. The van der Waals surface area contributed by atoms with E-state index in [0.29, 0.717) is 26.2 Å². The van der Waals surface area contributed by atoms with Crippen LogP contribution in [0, 0.1) is 0 Å². The van der Waals surface area contributed by atoms with Gasteiger partial charge in [-0.3, -0.25) is 4.79 Å². The van der Waals surface area contributed by atoms with Crippen LogP contribution in [0.25, 0.3) is 0 Å². The molecular formula is C27H29N3O3. The molecule has 0 bridgehead atoms. The van der Waals surface area contributed by atoms with E-state index >= 15 is 0 Å². The number of ether oxygens (including phenoxy) is 1. The van der Waals surface area contributed by atoms with Gasteiger partial charge in [0.15, 0.2) is 0 Å². The smallest absolute Gasteiger partial charge is 0.318 e. The molecule has 1 saturated heterocycles. The largest absolute Gasteiger partial charge is 0.494 e. The van der Waals surface area contributed by atoms with Crippen molar-refractivity contribution < 1.29 is 14.3 Å². The number of hydrogen-bond donors (Lipinski definition) is 1. The summed E-state index contributed by atoms with van der Waals surface area (Å²) in [5.41, 5.74) is 2.93. The van der Waals surface area contributed by atoms with Gasteiger partial charge in [0, 0.05) is 31.7 Å². The van der Waals surface area contributed by atoms with E-state index in [1.807, 2.05) is 91.9 Å². The van der Waals surface area contributed by atoms with Crippen molar-refractivity contribution in [1.82, 2.24) is 10.2 Å². The van der Waals surface area contributed by atoms with Crippen molar-refractivity contribution in [1.29, 1.82) is 0 Å². The molecule has 1 fully saturated rings. The average molecular weight is 444 g/mol. The Labute approximate surface area is 194 Å². The van der Waals surface area contributed by atoms with Crippen LogP contribution < -0.4 is 15.0 Å². The van der Waals surface area contributed by atoms with Crippen LogP contribution in [0.2, 0.25) is 0 Å². The molecule has 0 saturated carbocycles. The van der Waals surface area contributed by atoms with Crippen LogP contribution in [0.5, 0.6) is 5.75 Å². The number of carbonyl (C=O) groups is 2. The summed E-state index contributed by atoms with van der Waals surface area (Å²) in [6, 6.07) is 26.9. The molecule has 4 rings (SSSR count). The Bertz CT molecular complexity index is 1010. The van der Waals surface area contributed by atoms with Gasteiger partial charge in [-0.2, -0.15) is 0 Å². The molecule has 170 valence electrons. The van der Waals surface area contributed by atoms with Gasteiger partial charge in [-0.15, -0.1) is 0 Å². The summed E-state index contributed by atoms with van der Waals surface area (Å²) in [4.78, 5) is 29.4. The number of rotatable bonds is 8. The lowest BCUT2D eigenvalue weighted by Gasteiger charge is -2.25. The number of nitrogens with zero attached hydrogens (tertiary/aromatic N) is 2. The molecule has 3 amide bonds. The fourth-order valence-corrected chi connectivity index (χ4v) is 4.02. The molecule has 0 aromatic heterocycles. The van der Waals surface area contributed by atoms with Crippen molar-refractivity contribution in [3.8, 4) is 5.75 Å². The number of anilines is 1. The summed E-state index contributed by atoms with van der Waals surface area (Å²) in [7, 11) is 0. The van der Waals surface area contributed by atoms with Crippen molar-refractivity contribution >= 4 is 17.6 Å². The molecule has 33 heavy (non-hydrogen) atoms. The summed E-state index contributed by atoms with van der Waals surface area (Å²) in [6.45, 7) is 3.96. The highest BCUT2D eigenvalue weighted by Crippen LogP contribution is 2.24. The predicted molar refractivity (Wildman–Crippen MR) is 129 cm³/mol. The highest BCUT2D eigenvalue weighted by molar-refractivity contribution is 5.96. The van der Waals surface area contributed by atoms with E-state index in [-0.39, 0.29) is 24.4 Å². The number of urea groups is 1. The molecule has 0 radical (unpaired) electrons. The van der Waals surface area contributed by atoms with Crippen molar-refractivity contribution in [2.75, 3.05) is 18.1 Å². The van der Waals surface area contributed by atoms with E-state index in [9.17, 15) is 9.59 Å². The van der Waals surface area contributed by atoms with Gasteiger partial charge in [0.05, 0.1) is 12.6 Å². The van der Waals surface area contributed by atoms with Crippen molar-refractivity contribution in [2.45, 2.75) is 32.5 Å². The highest BCUT2D eigenvalue weighted by Gasteiger charge is 2.32. The molecule has 0 spiro atoms. The first-order chi connectivity index (χ1) is 16.1. The van der Waals surface area contributed by atoms with Crippen LogP contribution in [0.4, 0.5) is 10.5 Å². The van der Waals surface area contributed by atoms with Gasteiger partial charge < -0.3 is 19.9 Å². The second-order valence-corrected chi connectivity index (χ2v) is 8.11. The van der Waals surface area contributed by atoms with Gasteiger partial charge in [-0.05, 0) is 42.3 Å². The number of benzene rings is 3. The molecule has 3 aromatic carbocycles. The van der Waals surface area contributed by atoms with Crippen LogP contribution in [0.15, 0.2) is 84.9 Å². The molecule has 1 aliphatic rings. The Morgan fingerprint density at radius 3 is 2.06 bits per heavy atom. The van der Waals surface area contributed by atoms with Gasteiger partial charge in [0.2, 0.25) is 5.91 Å². The molecule has 1 atom stereocenters. The van der Waals surface area contributed by atoms with Gasteiger partial charge in [0.1, 0.15) is 5.75 Å². The Morgan fingerprint density at radius 1 is 0.939 bits per heavy atom. The lowest BCUT2D eigenvalue weighted by atomic mass is 10.1. The summed E-state index contributed by atoms with van der Waals surface area (Å²) >= 11 is 0. The fourth-order valence-electron chi connectivity index (χ4n) is 4.02. The van der Waals surface area contributed by atoms with Crippen molar-refractivity contribution in [2.24, 2.45) is 0 Å². The minimum atomic E-state index is -0.245. The van der Waals surface area contributed by atoms with E-state index in [4.69, 9.17) is 4.74 Å². The van der Waals surface area contributed by atoms with E-state index < -0.39 is 0 Å². The zero-order valence-corrected chi connectivity index (χ0v) is 18.8. The molecule has 3 aromatic rings. The van der Waals surface area contributed by atoms with Crippen LogP contribution in [0.1, 0.15) is 24.5 Å². The topological polar surface area (TPSA) is 61.9 Å². The van der Waals surface area contributed by atoms with E-state index in [0.717, 1.165) is 22.6 Å². The highest BCUT2D eigenvalue weighted by atomic mass is 16.5. The maximum Gasteiger partial charge on any atom is 0.318 e. The lowest BCUT2D eigenvalue weighted by Crippen LogP contribution is -2.45. The average Bonchev–Trinajstić information content (AvgIpc) is 3.20. The number of hydrogen-bond acceptors (Lipinski definition) is 3. The second kappa shape index (κ2) is 10.7. The molecular weight excluding hydrogens is 414 g/mol. The standard InChI is InChI=1S/C27H29N3O3/c1-2-33-25-15-13-24(14-16-25)30-20-23(17-26(30)31)28-27(32)29(18-21-9-5-3-6-10-21)19-22-11-7-4-8-12-22/h3-16,23H,2,17-20H2,1H3,(H,28,32)/t23-/m0/s1.